The molecule has 5 heteroatoms. The van der Waals surface area contributed by atoms with Gasteiger partial charge in [0.2, 0.25) is 0 Å². The first-order valence-electron chi connectivity index (χ1n) is 6.43. The summed E-state index contributed by atoms with van der Waals surface area (Å²) in [5.74, 6) is 0.691. The number of rotatable bonds is 5. The zero-order valence-corrected chi connectivity index (χ0v) is 12.5. The summed E-state index contributed by atoms with van der Waals surface area (Å²) in [5, 5.41) is 4.41. The van der Waals surface area contributed by atoms with E-state index in [1.165, 1.54) is 0 Å². The van der Waals surface area contributed by atoms with E-state index in [4.69, 9.17) is 4.74 Å². The molecule has 0 radical (unpaired) electrons. The molecule has 100 valence electrons. The van der Waals surface area contributed by atoms with Gasteiger partial charge in [0.25, 0.3) is 0 Å². The van der Waals surface area contributed by atoms with Crippen molar-refractivity contribution in [2.75, 3.05) is 13.2 Å². The number of carbonyl (C=O) groups is 1. The topological polar surface area (TPSA) is 44.1 Å². The molecule has 1 fully saturated rings. The second-order valence-corrected chi connectivity index (χ2v) is 5.60. The van der Waals surface area contributed by atoms with E-state index >= 15 is 0 Å². The Morgan fingerprint density at radius 2 is 2.39 bits per heavy atom. The maximum atomic E-state index is 12.1. The van der Waals surface area contributed by atoms with Crippen LogP contribution >= 0.6 is 15.9 Å². The van der Waals surface area contributed by atoms with Crippen molar-refractivity contribution in [3.8, 4) is 0 Å². The molecular weight excluding hydrogens is 296 g/mol. The van der Waals surface area contributed by atoms with Crippen LogP contribution < -0.4 is 0 Å². The maximum Gasteiger partial charge on any atom is 0.139 e. The second kappa shape index (κ2) is 5.97. The summed E-state index contributed by atoms with van der Waals surface area (Å²) in [7, 11) is 0. The zero-order chi connectivity index (χ0) is 13.1. The van der Waals surface area contributed by atoms with Gasteiger partial charge in [-0.05, 0) is 42.1 Å². The Balaban J connectivity index is 2.01. The molecule has 0 spiro atoms. The smallest absolute Gasteiger partial charge is 0.139 e. The van der Waals surface area contributed by atoms with Crippen LogP contribution in [0.5, 0.6) is 0 Å². The van der Waals surface area contributed by atoms with E-state index in [1.807, 2.05) is 18.5 Å². The normalized spacial score (nSPS) is 19.4. The minimum absolute atomic E-state index is 0.279. The molecule has 1 aliphatic heterocycles. The maximum absolute atomic E-state index is 12.1. The van der Waals surface area contributed by atoms with Gasteiger partial charge >= 0.3 is 0 Å². The first kappa shape index (κ1) is 13.7. The van der Waals surface area contributed by atoms with Crippen LogP contribution in [0.1, 0.15) is 31.2 Å². The molecule has 2 rings (SSSR count). The van der Waals surface area contributed by atoms with Gasteiger partial charge in [-0.15, -0.1) is 0 Å². The van der Waals surface area contributed by atoms with Gasteiger partial charge in [-0.3, -0.25) is 9.48 Å². The van der Waals surface area contributed by atoms with Crippen molar-refractivity contribution in [2.45, 2.75) is 39.7 Å². The van der Waals surface area contributed by atoms with Crippen molar-refractivity contribution in [3.63, 3.8) is 0 Å². The minimum Gasteiger partial charge on any atom is -0.381 e. The average molecular weight is 315 g/mol. The van der Waals surface area contributed by atoms with Crippen LogP contribution in [0.25, 0.3) is 0 Å². The molecule has 4 nitrogen and oxygen atoms in total. The third kappa shape index (κ3) is 3.01. The lowest BCUT2D eigenvalue weighted by molar-refractivity contribution is -0.119. The molecule has 1 aromatic heterocycles. The van der Waals surface area contributed by atoms with E-state index in [2.05, 4.69) is 21.0 Å². The highest BCUT2D eigenvalue weighted by Crippen LogP contribution is 2.23. The highest BCUT2D eigenvalue weighted by molar-refractivity contribution is 9.10. The number of Topliss-reactive ketones (excluding diaryl/α,β-unsaturated/α-hetero) is 1. The highest BCUT2D eigenvalue weighted by atomic mass is 79.9. The fraction of sp³-hybridized carbons (Fsp3) is 0.692. The van der Waals surface area contributed by atoms with Gasteiger partial charge in [0.05, 0.1) is 15.9 Å². The molecule has 1 atom stereocenters. The van der Waals surface area contributed by atoms with Crippen LogP contribution in [0.3, 0.4) is 0 Å². The van der Waals surface area contributed by atoms with Crippen molar-refractivity contribution in [3.05, 3.63) is 15.9 Å². The number of aromatic nitrogens is 2. The molecule has 1 unspecified atom stereocenters. The molecule has 0 N–H and O–H groups in total. The summed E-state index contributed by atoms with van der Waals surface area (Å²) in [5.41, 5.74) is 1.95. The number of hydrogen-bond acceptors (Lipinski definition) is 3. The molecule has 0 aromatic carbocycles. The Morgan fingerprint density at radius 1 is 1.61 bits per heavy atom. The van der Waals surface area contributed by atoms with Gasteiger partial charge in [0.15, 0.2) is 0 Å². The number of aryl methyl sites for hydroxylation is 2. The Kier molecular flexibility index (Phi) is 4.56. The predicted molar refractivity (Wildman–Crippen MR) is 72.6 cm³/mol. The minimum atomic E-state index is 0.279. The van der Waals surface area contributed by atoms with Gasteiger partial charge in [0, 0.05) is 32.6 Å². The summed E-state index contributed by atoms with van der Waals surface area (Å²) < 4.78 is 8.18. The van der Waals surface area contributed by atoms with Crippen molar-refractivity contribution < 1.29 is 9.53 Å². The monoisotopic (exact) mass is 314 g/mol. The lowest BCUT2D eigenvalue weighted by Gasteiger charge is -2.08. The molecule has 0 saturated carbocycles. The van der Waals surface area contributed by atoms with E-state index in [1.54, 1.807) is 0 Å². The number of ether oxygens (including phenoxy) is 1. The number of nitrogens with zero attached hydrogens (tertiary/aromatic N) is 2. The van der Waals surface area contributed by atoms with Crippen molar-refractivity contribution >= 4 is 21.7 Å². The van der Waals surface area contributed by atoms with Crippen LogP contribution in [0.2, 0.25) is 0 Å². The summed E-state index contributed by atoms with van der Waals surface area (Å²) in [6.07, 6.45) is 2.10. The lowest BCUT2D eigenvalue weighted by Crippen LogP contribution is -2.14. The fourth-order valence-corrected chi connectivity index (χ4v) is 2.79. The van der Waals surface area contributed by atoms with Crippen LogP contribution in [-0.4, -0.2) is 28.8 Å². The summed E-state index contributed by atoms with van der Waals surface area (Å²) >= 11 is 3.52. The Morgan fingerprint density at radius 3 is 3.00 bits per heavy atom. The quantitative estimate of drug-likeness (QED) is 0.838. The Hall–Kier alpha value is -0.680. The van der Waals surface area contributed by atoms with Crippen LogP contribution in [0, 0.1) is 12.8 Å². The summed E-state index contributed by atoms with van der Waals surface area (Å²) in [6.45, 7) is 6.32. The summed E-state index contributed by atoms with van der Waals surface area (Å²) in [6, 6.07) is 0. The van der Waals surface area contributed by atoms with Gasteiger partial charge in [-0.25, -0.2) is 0 Å². The van der Waals surface area contributed by atoms with E-state index < -0.39 is 0 Å². The first-order chi connectivity index (χ1) is 8.61. The van der Waals surface area contributed by atoms with E-state index in [0.717, 1.165) is 42.0 Å². The largest absolute Gasteiger partial charge is 0.381 e. The molecule has 1 saturated heterocycles. The molecule has 18 heavy (non-hydrogen) atoms. The zero-order valence-electron chi connectivity index (χ0n) is 10.9. The van der Waals surface area contributed by atoms with Gasteiger partial charge in [0.1, 0.15) is 5.78 Å². The average Bonchev–Trinajstić information content (AvgIpc) is 2.92. The summed E-state index contributed by atoms with van der Waals surface area (Å²) in [4.78, 5) is 12.1. The molecule has 1 aromatic rings. The molecule has 0 aliphatic carbocycles. The van der Waals surface area contributed by atoms with Crippen LogP contribution in [0.15, 0.2) is 4.47 Å². The Bertz CT molecular complexity index is 436. The standard InChI is InChI=1S/C13H19BrN2O2/c1-3-16-12(13(14)9(2)15-16)7-11(17)6-10-4-5-18-8-10/h10H,3-8H2,1-2H3. The molecular formula is C13H19BrN2O2. The van der Waals surface area contributed by atoms with E-state index in [0.29, 0.717) is 18.8 Å². The third-order valence-electron chi connectivity index (χ3n) is 3.36. The van der Waals surface area contributed by atoms with Crippen molar-refractivity contribution in [1.29, 1.82) is 0 Å². The lowest BCUT2D eigenvalue weighted by atomic mass is 9.99. The number of hydrogen-bond donors (Lipinski definition) is 0. The number of carbonyl (C=O) groups excluding carboxylic acids is 1. The van der Waals surface area contributed by atoms with Crippen molar-refractivity contribution in [2.24, 2.45) is 5.92 Å². The molecule has 0 bridgehead atoms. The highest BCUT2D eigenvalue weighted by Gasteiger charge is 2.21. The first-order valence-corrected chi connectivity index (χ1v) is 7.22. The third-order valence-corrected chi connectivity index (χ3v) is 4.39. The predicted octanol–water partition coefficient (Wildman–Crippen LogP) is 2.51. The molecule has 0 amide bonds. The van der Waals surface area contributed by atoms with Gasteiger partial charge < -0.3 is 4.74 Å². The number of halogens is 1. The second-order valence-electron chi connectivity index (χ2n) is 4.81. The van der Waals surface area contributed by atoms with E-state index in [9.17, 15) is 4.79 Å². The fourth-order valence-electron chi connectivity index (χ4n) is 2.36. The van der Waals surface area contributed by atoms with Crippen LogP contribution in [0.4, 0.5) is 0 Å². The van der Waals surface area contributed by atoms with Crippen LogP contribution in [-0.2, 0) is 22.5 Å². The molecule has 1 aliphatic rings. The van der Waals surface area contributed by atoms with E-state index in [-0.39, 0.29) is 5.78 Å². The van der Waals surface area contributed by atoms with Gasteiger partial charge in [-0.2, -0.15) is 5.10 Å². The van der Waals surface area contributed by atoms with Gasteiger partial charge in [-0.1, -0.05) is 0 Å². The molecule has 2 heterocycles. The Labute approximate surface area is 116 Å². The number of ketones is 1. The van der Waals surface area contributed by atoms with Crippen molar-refractivity contribution in [1.82, 2.24) is 9.78 Å². The SMILES string of the molecule is CCn1nc(C)c(Br)c1CC(=O)CC1CCOC1.